The Balaban J connectivity index is 1.93. The molecule has 0 spiro atoms. The maximum atomic E-state index is 13.6. The highest BCUT2D eigenvalue weighted by Crippen LogP contribution is 2.45. The predicted octanol–water partition coefficient (Wildman–Crippen LogP) is 4.23. The standard InChI is InChI=1S/C16H16F2N4O/c1-3-22-8(2)11(7-19-22)12-6-10(15(17)18)13-14(9-4-5-9)21-23-16(13)20-12/h6-7,9,15H,3-5H2,1-2H3. The smallest absolute Gasteiger partial charge is 0.264 e. The summed E-state index contributed by atoms with van der Waals surface area (Å²) < 4.78 is 34.2. The van der Waals surface area contributed by atoms with Gasteiger partial charge in [-0.3, -0.25) is 4.68 Å². The summed E-state index contributed by atoms with van der Waals surface area (Å²) in [4.78, 5) is 4.41. The second-order valence-electron chi connectivity index (χ2n) is 5.88. The lowest BCUT2D eigenvalue weighted by molar-refractivity contribution is 0.153. The quantitative estimate of drug-likeness (QED) is 0.722. The molecule has 7 heteroatoms. The number of hydrogen-bond acceptors (Lipinski definition) is 4. The number of alkyl halides is 2. The Morgan fingerprint density at radius 2 is 2.17 bits per heavy atom. The van der Waals surface area contributed by atoms with Crippen LogP contribution < -0.4 is 0 Å². The third-order valence-electron chi connectivity index (χ3n) is 4.38. The van der Waals surface area contributed by atoms with Gasteiger partial charge < -0.3 is 4.52 Å². The lowest BCUT2D eigenvalue weighted by atomic mass is 10.0. The maximum Gasteiger partial charge on any atom is 0.264 e. The number of fused-ring (bicyclic) bond motifs is 1. The van der Waals surface area contributed by atoms with Crippen LogP contribution in [-0.4, -0.2) is 19.9 Å². The Morgan fingerprint density at radius 1 is 1.39 bits per heavy atom. The van der Waals surface area contributed by atoms with Crippen molar-refractivity contribution in [1.29, 1.82) is 0 Å². The van der Waals surface area contributed by atoms with Crippen LogP contribution in [0.1, 0.15) is 49.1 Å². The minimum Gasteiger partial charge on any atom is -0.335 e. The van der Waals surface area contributed by atoms with Crippen molar-refractivity contribution in [3.63, 3.8) is 0 Å². The van der Waals surface area contributed by atoms with E-state index in [1.807, 2.05) is 13.8 Å². The number of pyridine rings is 1. The van der Waals surface area contributed by atoms with E-state index in [-0.39, 0.29) is 17.2 Å². The van der Waals surface area contributed by atoms with E-state index < -0.39 is 6.43 Å². The second-order valence-corrected chi connectivity index (χ2v) is 5.88. The number of hydrogen-bond donors (Lipinski definition) is 0. The predicted molar refractivity (Wildman–Crippen MR) is 80.4 cm³/mol. The molecular weight excluding hydrogens is 302 g/mol. The summed E-state index contributed by atoms with van der Waals surface area (Å²) in [6.45, 7) is 4.59. The van der Waals surface area contributed by atoms with Crippen molar-refractivity contribution >= 4 is 11.1 Å². The summed E-state index contributed by atoms with van der Waals surface area (Å²) in [5.74, 6) is 0.228. The van der Waals surface area contributed by atoms with Crippen molar-refractivity contribution in [1.82, 2.24) is 19.9 Å². The average Bonchev–Trinajstić information content (AvgIpc) is 3.18. The van der Waals surface area contributed by atoms with Gasteiger partial charge in [-0.2, -0.15) is 5.10 Å². The van der Waals surface area contributed by atoms with Crippen LogP contribution in [0.4, 0.5) is 8.78 Å². The molecule has 3 heterocycles. The van der Waals surface area contributed by atoms with Gasteiger partial charge in [0.05, 0.1) is 23.0 Å². The number of nitrogens with zero attached hydrogens (tertiary/aromatic N) is 4. The Labute approximate surface area is 131 Å². The number of halogens is 2. The van der Waals surface area contributed by atoms with Gasteiger partial charge in [0.15, 0.2) is 0 Å². The first-order chi connectivity index (χ1) is 11.1. The molecule has 120 valence electrons. The topological polar surface area (TPSA) is 56.7 Å². The molecule has 3 aromatic rings. The van der Waals surface area contributed by atoms with E-state index in [0.29, 0.717) is 23.3 Å². The van der Waals surface area contributed by atoms with Gasteiger partial charge in [-0.05, 0) is 32.8 Å². The van der Waals surface area contributed by atoms with Crippen molar-refractivity contribution < 1.29 is 13.3 Å². The molecule has 0 amide bonds. The molecule has 0 unspecified atom stereocenters. The van der Waals surface area contributed by atoms with Crippen molar-refractivity contribution in [3.8, 4) is 11.3 Å². The first-order valence-corrected chi connectivity index (χ1v) is 7.71. The fourth-order valence-electron chi connectivity index (χ4n) is 2.96. The zero-order valence-electron chi connectivity index (χ0n) is 12.9. The van der Waals surface area contributed by atoms with Gasteiger partial charge in [0.2, 0.25) is 0 Å². The summed E-state index contributed by atoms with van der Waals surface area (Å²) in [5, 5.41) is 8.62. The van der Waals surface area contributed by atoms with E-state index in [9.17, 15) is 8.78 Å². The van der Waals surface area contributed by atoms with Gasteiger partial charge in [-0.1, -0.05) is 5.16 Å². The van der Waals surface area contributed by atoms with E-state index >= 15 is 0 Å². The van der Waals surface area contributed by atoms with Crippen molar-refractivity contribution in [2.24, 2.45) is 0 Å². The minimum atomic E-state index is -2.60. The highest BCUT2D eigenvalue weighted by Gasteiger charge is 2.32. The Morgan fingerprint density at radius 3 is 2.78 bits per heavy atom. The lowest BCUT2D eigenvalue weighted by Crippen LogP contribution is -1.99. The number of aryl methyl sites for hydroxylation is 1. The molecule has 1 fully saturated rings. The van der Waals surface area contributed by atoms with E-state index in [1.165, 1.54) is 6.07 Å². The summed E-state index contributed by atoms with van der Waals surface area (Å²) in [7, 11) is 0. The van der Waals surface area contributed by atoms with Gasteiger partial charge in [-0.15, -0.1) is 0 Å². The molecule has 0 aliphatic heterocycles. The van der Waals surface area contributed by atoms with Crippen molar-refractivity contribution in [2.45, 2.75) is 45.6 Å². The van der Waals surface area contributed by atoms with Crippen LogP contribution in [0, 0.1) is 6.92 Å². The summed E-state index contributed by atoms with van der Waals surface area (Å²) in [5.41, 5.74) is 2.82. The van der Waals surface area contributed by atoms with Gasteiger partial charge in [0.1, 0.15) is 0 Å². The number of rotatable bonds is 4. The lowest BCUT2D eigenvalue weighted by Gasteiger charge is -2.06. The monoisotopic (exact) mass is 318 g/mol. The molecule has 0 aromatic carbocycles. The van der Waals surface area contributed by atoms with Crippen LogP contribution in [0.2, 0.25) is 0 Å². The van der Waals surface area contributed by atoms with Crippen LogP contribution in [0.25, 0.3) is 22.4 Å². The summed E-state index contributed by atoms with van der Waals surface area (Å²) in [6.07, 6.45) is 0.987. The maximum absolute atomic E-state index is 13.6. The molecule has 0 saturated heterocycles. The number of aromatic nitrogens is 4. The van der Waals surface area contributed by atoms with Crippen molar-refractivity contribution in [3.05, 3.63) is 29.2 Å². The van der Waals surface area contributed by atoms with Gasteiger partial charge >= 0.3 is 0 Å². The van der Waals surface area contributed by atoms with Crippen molar-refractivity contribution in [2.75, 3.05) is 0 Å². The third kappa shape index (κ3) is 2.22. The van der Waals surface area contributed by atoms with E-state index in [4.69, 9.17) is 4.52 Å². The van der Waals surface area contributed by atoms with Crippen LogP contribution in [0.5, 0.6) is 0 Å². The SMILES string of the molecule is CCn1ncc(-c2cc(C(F)F)c3c(C4CC4)noc3n2)c1C. The Bertz CT molecular complexity index is 880. The van der Waals surface area contributed by atoms with E-state index in [1.54, 1.807) is 10.9 Å². The third-order valence-corrected chi connectivity index (χ3v) is 4.38. The van der Waals surface area contributed by atoms with Crippen LogP contribution in [0.3, 0.4) is 0 Å². The van der Waals surface area contributed by atoms with Gasteiger partial charge in [-0.25, -0.2) is 13.8 Å². The molecule has 0 radical (unpaired) electrons. The summed E-state index contributed by atoms with van der Waals surface area (Å²) >= 11 is 0. The zero-order chi connectivity index (χ0) is 16.1. The average molecular weight is 318 g/mol. The first kappa shape index (κ1) is 14.3. The second kappa shape index (κ2) is 5.11. The fraction of sp³-hybridized carbons (Fsp3) is 0.438. The highest BCUT2D eigenvalue weighted by molar-refractivity contribution is 5.84. The molecule has 23 heavy (non-hydrogen) atoms. The normalized spacial score (nSPS) is 15.0. The molecule has 0 N–H and O–H groups in total. The zero-order valence-corrected chi connectivity index (χ0v) is 12.9. The first-order valence-electron chi connectivity index (χ1n) is 7.71. The van der Waals surface area contributed by atoms with Gasteiger partial charge in [0, 0.05) is 29.3 Å². The van der Waals surface area contributed by atoms with Gasteiger partial charge in [0.25, 0.3) is 12.1 Å². The molecule has 1 saturated carbocycles. The fourth-order valence-corrected chi connectivity index (χ4v) is 2.96. The highest BCUT2D eigenvalue weighted by atomic mass is 19.3. The van der Waals surface area contributed by atoms with E-state index in [2.05, 4.69) is 15.2 Å². The Hall–Kier alpha value is -2.31. The molecule has 3 aromatic heterocycles. The molecule has 1 aliphatic carbocycles. The van der Waals surface area contributed by atoms with E-state index in [0.717, 1.165) is 24.1 Å². The summed E-state index contributed by atoms with van der Waals surface area (Å²) in [6, 6.07) is 1.44. The molecule has 5 nitrogen and oxygen atoms in total. The molecule has 0 bridgehead atoms. The molecule has 0 atom stereocenters. The minimum absolute atomic E-state index is 0.0585. The van der Waals surface area contributed by atoms with Crippen LogP contribution >= 0.6 is 0 Å². The van der Waals surface area contributed by atoms with Crippen LogP contribution in [0.15, 0.2) is 16.8 Å². The van der Waals surface area contributed by atoms with Crippen LogP contribution in [-0.2, 0) is 6.54 Å². The molecular formula is C16H16F2N4O. The Kier molecular flexibility index (Phi) is 3.18. The molecule has 1 aliphatic rings. The largest absolute Gasteiger partial charge is 0.335 e. The molecule has 4 rings (SSSR count).